The van der Waals surface area contributed by atoms with Gasteiger partial charge in [-0.05, 0) is 32.6 Å². The number of carboxylic acid groups (broad SMARTS) is 1. The van der Waals surface area contributed by atoms with E-state index in [1.807, 2.05) is 13.8 Å². The lowest BCUT2D eigenvalue weighted by molar-refractivity contribution is -0.149. The summed E-state index contributed by atoms with van der Waals surface area (Å²) in [6.07, 6.45) is 0.943. The summed E-state index contributed by atoms with van der Waals surface area (Å²) in [5.41, 5.74) is -1.01. The van der Waals surface area contributed by atoms with E-state index in [-0.39, 0.29) is 11.2 Å². The van der Waals surface area contributed by atoms with Crippen molar-refractivity contribution in [2.24, 2.45) is 10.8 Å². The summed E-state index contributed by atoms with van der Waals surface area (Å²) in [4.78, 5) is 21.9. The smallest absolute Gasteiger partial charge is 0.309 e. The number of carbonyl (C=O) groups is 2. The molecule has 0 aromatic heterocycles. The van der Waals surface area contributed by atoms with Crippen molar-refractivity contribution in [3.05, 3.63) is 0 Å². The highest BCUT2D eigenvalue weighted by Gasteiger charge is 2.35. The number of ketones is 1. The van der Waals surface area contributed by atoms with Gasteiger partial charge >= 0.3 is 5.97 Å². The normalized spacial score (nSPS) is 12.6. The summed E-state index contributed by atoms with van der Waals surface area (Å²) < 4.78 is 0. The molecule has 0 saturated heterocycles. The molecule has 0 aliphatic carbocycles. The van der Waals surface area contributed by atoms with Crippen LogP contribution in [0.5, 0.6) is 0 Å². The van der Waals surface area contributed by atoms with Gasteiger partial charge in [-0.1, -0.05) is 13.8 Å². The molecule has 3 heteroatoms. The van der Waals surface area contributed by atoms with E-state index in [4.69, 9.17) is 5.11 Å². The number of Topliss-reactive ketones (excluding diaryl/α,β-unsaturated/α-hetero) is 1. The SMILES string of the molecule is CC(=O)CC(C)(C)CC(C)(C)C(=O)O. The highest BCUT2D eigenvalue weighted by atomic mass is 16.4. The molecular weight excluding hydrogens is 180 g/mol. The lowest BCUT2D eigenvalue weighted by Crippen LogP contribution is -2.31. The predicted octanol–water partition coefficient (Wildman–Crippen LogP) is 2.49. The fourth-order valence-electron chi connectivity index (χ4n) is 2.01. The Morgan fingerprint density at radius 1 is 1.14 bits per heavy atom. The Balaban J connectivity index is 4.49. The van der Waals surface area contributed by atoms with E-state index in [1.54, 1.807) is 13.8 Å². The average molecular weight is 200 g/mol. The maximum absolute atomic E-state index is 11.0. The summed E-state index contributed by atoms with van der Waals surface area (Å²) in [5, 5.41) is 8.95. The molecule has 0 amide bonds. The Morgan fingerprint density at radius 3 is 1.86 bits per heavy atom. The Morgan fingerprint density at radius 2 is 1.57 bits per heavy atom. The van der Waals surface area contributed by atoms with Crippen LogP contribution in [0, 0.1) is 10.8 Å². The van der Waals surface area contributed by atoms with Crippen molar-refractivity contribution in [1.82, 2.24) is 0 Å². The maximum atomic E-state index is 11.0. The molecule has 82 valence electrons. The zero-order chi connectivity index (χ0) is 11.6. The van der Waals surface area contributed by atoms with Gasteiger partial charge in [0.2, 0.25) is 0 Å². The van der Waals surface area contributed by atoms with Gasteiger partial charge < -0.3 is 9.90 Å². The number of rotatable bonds is 5. The molecule has 0 aromatic carbocycles. The van der Waals surface area contributed by atoms with Crippen LogP contribution in [-0.2, 0) is 9.59 Å². The average Bonchev–Trinajstić information content (AvgIpc) is 1.79. The van der Waals surface area contributed by atoms with Gasteiger partial charge in [-0.2, -0.15) is 0 Å². The van der Waals surface area contributed by atoms with Gasteiger partial charge in [0, 0.05) is 6.42 Å². The molecule has 0 bridgehead atoms. The molecule has 0 rings (SSSR count). The molecule has 0 aliphatic rings. The first-order chi connectivity index (χ1) is 6.07. The van der Waals surface area contributed by atoms with E-state index in [2.05, 4.69) is 0 Å². The van der Waals surface area contributed by atoms with Crippen molar-refractivity contribution in [3.8, 4) is 0 Å². The summed E-state index contributed by atoms with van der Waals surface area (Å²) in [6.45, 7) is 8.78. The Kier molecular flexibility index (Phi) is 3.86. The number of hydrogen-bond donors (Lipinski definition) is 1. The van der Waals surface area contributed by atoms with Crippen LogP contribution < -0.4 is 0 Å². The van der Waals surface area contributed by atoms with Gasteiger partial charge in [0.05, 0.1) is 5.41 Å². The van der Waals surface area contributed by atoms with Crippen molar-refractivity contribution in [3.63, 3.8) is 0 Å². The van der Waals surface area contributed by atoms with Gasteiger partial charge in [-0.3, -0.25) is 4.79 Å². The van der Waals surface area contributed by atoms with E-state index in [0.29, 0.717) is 12.8 Å². The molecule has 0 saturated carbocycles. The van der Waals surface area contributed by atoms with Gasteiger partial charge in [0.1, 0.15) is 5.78 Å². The van der Waals surface area contributed by atoms with Crippen LogP contribution in [0.1, 0.15) is 47.5 Å². The number of aliphatic carboxylic acids is 1. The highest BCUT2D eigenvalue weighted by molar-refractivity contribution is 5.77. The molecule has 0 aliphatic heterocycles. The summed E-state index contributed by atoms with van der Waals surface area (Å²) in [6, 6.07) is 0. The van der Waals surface area contributed by atoms with Crippen LogP contribution in [-0.4, -0.2) is 16.9 Å². The summed E-state index contributed by atoms with van der Waals surface area (Å²) in [7, 11) is 0. The van der Waals surface area contributed by atoms with E-state index >= 15 is 0 Å². The molecule has 0 spiro atoms. The van der Waals surface area contributed by atoms with Crippen molar-refractivity contribution in [2.45, 2.75) is 47.5 Å². The van der Waals surface area contributed by atoms with Gasteiger partial charge in [0.25, 0.3) is 0 Å². The third-order valence-electron chi connectivity index (χ3n) is 2.23. The van der Waals surface area contributed by atoms with Crippen LogP contribution >= 0.6 is 0 Å². The fourth-order valence-corrected chi connectivity index (χ4v) is 2.01. The van der Waals surface area contributed by atoms with Crippen molar-refractivity contribution in [2.75, 3.05) is 0 Å². The maximum Gasteiger partial charge on any atom is 0.309 e. The molecule has 14 heavy (non-hydrogen) atoms. The Bertz CT molecular complexity index is 239. The quantitative estimate of drug-likeness (QED) is 0.741. The van der Waals surface area contributed by atoms with Crippen molar-refractivity contribution >= 4 is 11.8 Å². The molecule has 1 N–H and O–H groups in total. The van der Waals surface area contributed by atoms with Crippen LogP contribution in [0.2, 0.25) is 0 Å². The molecule has 0 unspecified atom stereocenters. The number of carboxylic acids is 1. The number of carbonyl (C=O) groups excluding carboxylic acids is 1. The Hall–Kier alpha value is -0.860. The highest BCUT2D eigenvalue weighted by Crippen LogP contribution is 2.36. The van der Waals surface area contributed by atoms with Crippen molar-refractivity contribution in [1.29, 1.82) is 0 Å². The zero-order valence-corrected chi connectivity index (χ0v) is 9.68. The van der Waals surface area contributed by atoms with E-state index in [0.717, 1.165) is 0 Å². The second kappa shape index (κ2) is 4.11. The van der Waals surface area contributed by atoms with Gasteiger partial charge in [-0.15, -0.1) is 0 Å². The molecule has 0 heterocycles. The first-order valence-corrected chi connectivity index (χ1v) is 4.80. The van der Waals surface area contributed by atoms with Crippen LogP contribution in [0.3, 0.4) is 0 Å². The third kappa shape index (κ3) is 4.40. The van der Waals surface area contributed by atoms with Gasteiger partial charge in [-0.25, -0.2) is 0 Å². The van der Waals surface area contributed by atoms with E-state index < -0.39 is 11.4 Å². The minimum Gasteiger partial charge on any atom is -0.481 e. The molecule has 3 nitrogen and oxygen atoms in total. The first kappa shape index (κ1) is 13.1. The number of hydrogen-bond acceptors (Lipinski definition) is 2. The fraction of sp³-hybridized carbons (Fsp3) is 0.818. The molecule has 0 radical (unpaired) electrons. The molecular formula is C11H20O3. The third-order valence-corrected chi connectivity index (χ3v) is 2.23. The Labute approximate surface area is 85.5 Å². The summed E-state index contributed by atoms with van der Waals surface area (Å²) in [5.74, 6) is -0.703. The molecule has 0 atom stereocenters. The predicted molar refractivity (Wildman–Crippen MR) is 55.1 cm³/mol. The van der Waals surface area contributed by atoms with E-state index in [9.17, 15) is 9.59 Å². The lowest BCUT2D eigenvalue weighted by atomic mass is 9.73. The second-order valence-corrected chi connectivity index (χ2v) is 5.41. The zero-order valence-electron chi connectivity index (χ0n) is 9.68. The van der Waals surface area contributed by atoms with Crippen LogP contribution in [0.15, 0.2) is 0 Å². The monoisotopic (exact) mass is 200 g/mol. The first-order valence-electron chi connectivity index (χ1n) is 4.80. The molecule has 0 aromatic rings. The van der Waals surface area contributed by atoms with Crippen LogP contribution in [0.25, 0.3) is 0 Å². The second-order valence-electron chi connectivity index (χ2n) is 5.41. The minimum atomic E-state index is -0.811. The van der Waals surface area contributed by atoms with Crippen LogP contribution in [0.4, 0.5) is 0 Å². The van der Waals surface area contributed by atoms with E-state index in [1.165, 1.54) is 6.92 Å². The molecule has 0 fully saturated rings. The standard InChI is InChI=1S/C11H20O3/c1-8(12)6-10(2,3)7-11(4,5)9(13)14/h6-7H2,1-5H3,(H,13,14). The largest absolute Gasteiger partial charge is 0.481 e. The lowest BCUT2D eigenvalue weighted by Gasteiger charge is -2.31. The topological polar surface area (TPSA) is 54.4 Å². The van der Waals surface area contributed by atoms with Gasteiger partial charge in [0.15, 0.2) is 0 Å². The minimum absolute atomic E-state index is 0.108. The summed E-state index contributed by atoms with van der Waals surface area (Å²) >= 11 is 0. The van der Waals surface area contributed by atoms with Crippen molar-refractivity contribution < 1.29 is 14.7 Å².